The van der Waals surface area contributed by atoms with Crippen LogP contribution in [0.1, 0.15) is 15.9 Å². The van der Waals surface area contributed by atoms with Crippen LogP contribution in [-0.4, -0.2) is 21.2 Å². The zero-order chi connectivity index (χ0) is 14.8. The summed E-state index contributed by atoms with van der Waals surface area (Å²) in [5.41, 5.74) is -1.66. The first-order valence-electron chi connectivity index (χ1n) is 5.68. The van der Waals surface area contributed by atoms with Crippen molar-refractivity contribution in [1.29, 1.82) is 0 Å². The minimum absolute atomic E-state index is 0.201. The topological polar surface area (TPSA) is 39.2 Å². The molecular weight excluding hydrogens is 287 g/mol. The van der Waals surface area contributed by atoms with Crippen LogP contribution < -0.4 is 9.92 Å². The van der Waals surface area contributed by atoms with Gasteiger partial charge in [0.1, 0.15) is 5.75 Å². The highest BCUT2D eigenvalue weighted by molar-refractivity contribution is 6.32. The zero-order valence-corrected chi connectivity index (χ0v) is 12.4. The second kappa shape index (κ2) is 5.46. The quantitative estimate of drug-likeness (QED) is 0.477. The number of pyridine rings is 1. The summed E-state index contributed by atoms with van der Waals surface area (Å²) in [7, 11) is 0.839. The third kappa shape index (κ3) is 3.24. The van der Waals surface area contributed by atoms with E-state index in [0.717, 1.165) is 33.9 Å². The van der Waals surface area contributed by atoms with E-state index in [0.29, 0.717) is 0 Å². The molecule has 0 atom stereocenters. The van der Waals surface area contributed by atoms with Crippen molar-refractivity contribution in [2.24, 2.45) is 0 Å². The molecule has 0 aliphatic carbocycles. The smallest absolute Gasteiger partial charge is 0.417 e. The van der Waals surface area contributed by atoms with Crippen LogP contribution >= 0.6 is 0 Å². The average molecular weight is 297 g/mol. The molecule has 20 heavy (non-hydrogen) atoms. The van der Waals surface area contributed by atoms with E-state index in [4.69, 9.17) is 4.74 Å². The maximum absolute atomic E-state index is 12.8. The van der Waals surface area contributed by atoms with Crippen LogP contribution in [0.25, 0.3) is 0 Å². The fourth-order valence-electron chi connectivity index (χ4n) is 1.57. The van der Waals surface area contributed by atoms with Crippen LogP contribution in [0.3, 0.4) is 0 Å². The Kier molecular flexibility index (Phi) is 3.89. The number of rotatable bonds is 2. The summed E-state index contributed by atoms with van der Waals surface area (Å²) in [5.74, 6) is -0.877. The SMILES string of the molecule is O=C(Oc1ccc([SiH3])cc1)c1cnccc1C(F)(F)F. The van der Waals surface area contributed by atoms with E-state index in [9.17, 15) is 18.0 Å². The number of carbonyl (C=O) groups excluding carboxylic acids is 1. The maximum Gasteiger partial charge on any atom is 0.417 e. The van der Waals surface area contributed by atoms with Gasteiger partial charge in [-0.2, -0.15) is 13.2 Å². The van der Waals surface area contributed by atoms with Crippen LogP contribution in [0.15, 0.2) is 42.7 Å². The van der Waals surface area contributed by atoms with Crippen molar-refractivity contribution in [1.82, 2.24) is 4.98 Å². The number of ether oxygens (including phenoxy) is 1. The van der Waals surface area contributed by atoms with Gasteiger partial charge in [-0.05, 0) is 18.2 Å². The van der Waals surface area contributed by atoms with Gasteiger partial charge in [-0.1, -0.05) is 17.3 Å². The molecule has 2 rings (SSSR count). The van der Waals surface area contributed by atoms with Gasteiger partial charge in [-0.25, -0.2) is 4.79 Å². The number of hydrogen-bond donors (Lipinski definition) is 0. The summed E-state index contributed by atoms with van der Waals surface area (Å²) in [6, 6.07) is 7.34. The maximum atomic E-state index is 12.8. The number of alkyl halides is 3. The first-order valence-corrected chi connectivity index (χ1v) is 6.68. The largest absolute Gasteiger partial charge is 0.423 e. The molecule has 7 heteroatoms. The molecule has 1 aromatic heterocycles. The van der Waals surface area contributed by atoms with Crippen molar-refractivity contribution < 1.29 is 22.7 Å². The van der Waals surface area contributed by atoms with Crippen molar-refractivity contribution >= 4 is 21.4 Å². The van der Waals surface area contributed by atoms with Gasteiger partial charge in [-0.15, -0.1) is 0 Å². The number of hydrogen-bond acceptors (Lipinski definition) is 3. The highest BCUT2D eigenvalue weighted by Crippen LogP contribution is 2.31. The lowest BCUT2D eigenvalue weighted by atomic mass is 10.1. The molecule has 1 heterocycles. The van der Waals surface area contributed by atoms with E-state index in [-0.39, 0.29) is 5.75 Å². The third-order valence-electron chi connectivity index (χ3n) is 2.58. The Labute approximate surface area is 115 Å². The van der Waals surface area contributed by atoms with Gasteiger partial charge in [0, 0.05) is 22.6 Å². The van der Waals surface area contributed by atoms with E-state index in [1.54, 1.807) is 24.3 Å². The monoisotopic (exact) mass is 297 g/mol. The summed E-state index contributed by atoms with van der Waals surface area (Å²) in [6.45, 7) is 0. The summed E-state index contributed by atoms with van der Waals surface area (Å²) in [6.07, 6.45) is -2.79. The molecule has 0 saturated carbocycles. The molecule has 0 aliphatic heterocycles. The second-order valence-corrected chi connectivity index (χ2v) is 5.28. The molecule has 0 amide bonds. The predicted octanol–water partition coefficient (Wildman–Crippen LogP) is 1.31. The van der Waals surface area contributed by atoms with E-state index >= 15 is 0 Å². The van der Waals surface area contributed by atoms with Crippen molar-refractivity contribution in [3.05, 3.63) is 53.9 Å². The third-order valence-corrected chi connectivity index (χ3v) is 3.24. The van der Waals surface area contributed by atoms with Crippen molar-refractivity contribution in [2.75, 3.05) is 0 Å². The summed E-state index contributed by atoms with van der Waals surface area (Å²) in [4.78, 5) is 15.4. The molecule has 1 aromatic carbocycles. The summed E-state index contributed by atoms with van der Waals surface area (Å²) < 4.78 is 43.2. The van der Waals surface area contributed by atoms with Crippen LogP contribution in [0, 0.1) is 0 Å². The molecule has 0 aliphatic rings. The number of esters is 1. The van der Waals surface area contributed by atoms with Gasteiger partial charge in [0.15, 0.2) is 0 Å². The van der Waals surface area contributed by atoms with Crippen molar-refractivity contribution in [2.45, 2.75) is 6.18 Å². The molecule has 0 radical (unpaired) electrons. The predicted molar refractivity (Wildman–Crippen MR) is 70.2 cm³/mol. The zero-order valence-electron chi connectivity index (χ0n) is 10.4. The molecule has 0 bridgehead atoms. The van der Waals surface area contributed by atoms with Gasteiger partial charge >= 0.3 is 12.1 Å². The lowest BCUT2D eigenvalue weighted by molar-refractivity contribution is -0.138. The van der Waals surface area contributed by atoms with E-state index < -0.39 is 23.3 Å². The Bertz CT molecular complexity index is 626. The highest BCUT2D eigenvalue weighted by Gasteiger charge is 2.35. The van der Waals surface area contributed by atoms with Gasteiger partial charge in [0.05, 0.1) is 11.1 Å². The fraction of sp³-hybridized carbons (Fsp3) is 0.0769. The minimum atomic E-state index is -4.63. The number of halogens is 3. The average Bonchev–Trinajstić information content (AvgIpc) is 2.40. The van der Waals surface area contributed by atoms with Gasteiger partial charge in [0.2, 0.25) is 0 Å². The van der Waals surface area contributed by atoms with E-state index in [1.165, 1.54) is 0 Å². The Morgan fingerprint density at radius 2 is 1.80 bits per heavy atom. The Morgan fingerprint density at radius 1 is 1.15 bits per heavy atom. The molecule has 2 aromatic rings. The fourth-order valence-corrected chi connectivity index (χ4v) is 1.91. The molecular formula is C13H10F3NO2Si. The Balaban J connectivity index is 2.28. The van der Waals surface area contributed by atoms with Crippen molar-refractivity contribution in [3.8, 4) is 5.75 Å². The lowest BCUT2D eigenvalue weighted by Gasteiger charge is -2.11. The lowest BCUT2D eigenvalue weighted by Crippen LogP contribution is -2.17. The number of aromatic nitrogens is 1. The van der Waals surface area contributed by atoms with Crippen LogP contribution in [0.4, 0.5) is 13.2 Å². The number of nitrogens with zero attached hydrogens (tertiary/aromatic N) is 1. The highest BCUT2D eigenvalue weighted by atomic mass is 28.1. The van der Waals surface area contributed by atoms with Crippen LogP contribution in [0.5, 0.6) is 5.75 Å². The minimum Gasteiger partial charge on any atom is -0.423 e. The van der Waals surface area contributed by atoms with Crippen LogP contribution in [-0.2, 0) is 6.18 Å². The molecule has 0 fully saturated rings. The molecule has 3 nitrogen and oxygen atoms in total. The Morgan fingerprint density at radius 3 is 2.40 bits per heavy atom. The molecule has 104 valence electrons. The summed E-state index contributed by atoms with van der Waals surface area (Å²) >= 11 is 0. The van der Waals surface area contributed by atoms with E-state index in [2.05, 4.69) is 4.98 Å². The number of carbonyl (C=O) groups is 1. The Hall–Kier alpha value is -2.15. The molecule has 0 unspecified atom stereocenters. The molecule has 0 spiro atoms. The molecule has 0 saturated heterocycles. The number of benzene rings is 1. The second-order valence-electron chi connectivity index (χ2n) is 4.12. The van der Waals surface area contributed by atoms with Crippen molar-refractivity contribution in [3.63, 3.8) is 0 Å². The standard InChI is InChI=1S/C13H10F3NO2Si/c14-13(15,16)11-5-6-17-7-10(11)12(18)19-8-1-3-9(20)4-2-8/h1-7H,20H3. The van der Waals surface area contributed by atoms with Crippen LogP contribution in [0.2, 0.25) is 0 Å². The van der Waals surface area contributed by atoms with Gasteiger partial charge < -0.3 is 4.74 Å². The molecule has 0 N–H and O–H groups in total. The van der Waals surface area contributed by atoms with E-state index in [1.807, 2.05) is 0 Å². The van der Waals surface area contributed by atoms with Gasteiger partial charge in [-0.3, -0.25) is 4.98 Å². The van der Waals surface area contributed by atoms with Gasteiger partial charge in [0.25, 0.3) is 0 Å². The first-order chi connectivity index (χ1) is 9.38. The normalized spacial score (nSPS) is 11.3. The first kappa shape index (κ1) is 14.3. The summed E-state index contributed by atoms with van der Waals surface area (Å²) in [5, 5.41) is 1.09.